The average Bonchev–Trinajstić information content (AvgIpc) is 2.78. The van der Waals surface area contributed by atoms with Crippen molar-refractivity contribution in [2.45, 2.75) is 52.7 Å². The van der Waals surface area contributed by atoms with E-state index < -0.39 is 0 Å². The van der Waals surface area contributed by atoms with Crippen LogP contribution in [-0.2, 0) is 4.74 Å². The Kier molecular flexibility index (Phi) is 10.3. The van der Waals surface area contributed by atoms with Crippen LogP contribution >= 0.6 is 0 Å². The molecule has 32 heavy (non-hydrogen) atoms. The van der Waals surface area contributed by atoms with Gasteiger partial charge in [0.15, 0.2) is 0 Å². The quantitative estimate of drug-likeness (QED) is 0.697. The van der Waals surface area contributed by atoms with Crippen molar-refractivity contribution in [3.63, 3.8) is 0 Å². The number of carbonyl (C=O) groups excluding carboxylic acids is 2. The number of ether oxygens (including phenoxy) is 2. The Labute approximate surface area is 192 Å². The fourth-order valence-corrected chi connectivity index (χ4v) is 3.94. The summed E-state index contributed by atoms with van der Waals surface area (Å²) in [6.45, 7) is 11.9. The van der Waals surface area contributed by atoms with Gasteiger partial charge in [-0.05, 0) is 50.4 Å². The number of hydrogen-bond acceptors (Lipinski definition) is 5. The first-order valence-corrected chi connectivity index (χ1v) is 11.6. The van der Waals surface area contributed by atoms with Crippen LogP contribution in [0.3, 0.4) is 0 Å². The number of carbonyl (C=O) groups is 2. The lowest BCUT2D eigenvalue weighted by molar-refractivity contribution is 0.0108. The van der Waals surface area contributed by atoms with Gasteiger partial charge in [0.05, 0.1) is 11.7 Å². The summed E-state index contributed by atoms with van der Waals surface area (Å²) in [6, 6.07) is 5.10. The molecule has 8 nitrogen and oxygen atoms in total. The van der Waals surface area contributed by atoms with Gasteiger partial charge in [0.25, 0.3) is 5.91 Å². The van der Waals surface area contributed by atoms with Gasteiger partial charge in [0, 0.05) is 45.5 Å². The summed E-state index contributed by atoms with van der Waals surface area (Å²) in [5, 5.41) is 5.58. The Morgan fingerprint density at radius 3 is 2.62 bits per heavy atom. The number of amides is 3. The Hall–Kier alpha value is -2.32. The highest BCUT2D eigenvalue weighted by molar-refractivity contribution is 5.99. The largest absolute Gasteiger partial charge is 0.491 e. The zero-order valence-electron chi connectivity index (χ0n) is 20.4. The molecule has 1 aromatic carbocycles. The van der Waals surface area contributed by atoms with Crippen LogP contribution in [0.4, 0.5) is 10.5 Å². The predicted molar refractivity (Wildman–Crippen MR) is 127 cm³/mol. The highest BCUT2D eigenvalue weighted by Gasteiger charge is 2.28. The smallest absolute Gasteiger partial charge is 0.319 e. The molecule has 1 aliphatic heterocycles. The SMILES string of the molecule is CCCNC(=O)Nc1ccc2c(c1)C(=O)N(C)C[C@@H](OC)[C@@H](C)CN(CCC)[C@@H](C)CO2. The molecule has 3 amide bonds. The van der Waals surface area contributed by atoms with Crippen molar-refractivity contribution in [3.8, 4) is 5.75 Å². The molecule has 8 heteroatoms. The van der Waals surface area contributed by atoms with E-state index in [1.807, 2.05) is 6.92 Å². The third-order valence-corrected chi connectivity index (χ3v) is 5.88. The van der Waals surface area contributed by atoms with E-state index in [4.69, 9.17) is 9.47 Å². The van der Waals surface area contributed by atoms with Crippen LogP contribution in [0.15, 0.2) is 18.2 Å². The molecule has 0 aliphatic carbocycles. The van der Waals surface area contributed by atoms with Crippen molar-refractivity contribution < 1.29 is 19.1 Å². The second-order valence-electron chi connectivity index (χ2n) is 8.68. The number of rotatable bonds is 6. The number of hydrogen-bond donors (Lipinski definition) is 2. The number of urea groups is 1. The number of benzene rings is 1. The van der Waals surface area contributed by atoms with Crippen LogP contribution in [0.25, 0.3) is 0 Å². The lowest BCUT2D eigenvalue weighted by atomic mass is 10.0. The molecule has 0 saturated heterocycles. The van der Waals surface area contributed by atoms with Gasteiger partial charge in [-0.25, -0.2) is 4.79 Å². The fraction of sp³-hybridized carbons (Fsp3) is 0.667. The molecule has 0 bridgehead atoms. The van der Waals surface area contributed by atoms with E-state index in [9.17, 15) is 9.59 Å². The van der Waals surface area contributed by atoms with Gasteiger partial charge in [-0.3, -0.25) is 9.69 Å². The minimum Gasteiger partial charge on any atom is -0.491 e. The molecule has 3 atom stereocenters. The van der Waals surface area contributed by atoms with E-state index in [0.717, 1.165) is 25.9 Å². The zero-order chi connectivity index (χ0) is 23.7. The molecule has 0 fully saturated rings. The van der Waals surface area contributed by atoms with Crippen molar-refractivity contribution in [2.75, 3.05) is 52.3 Å². The van der Waals surface area contributed by atoms with Crippen LogP contribution in [-0.4, -0.2) is 80.8 Å². The Balaban J connectivity index is 2.35. The van der Waals surface area contributed by atoms with Crippen LogP contribution in [0.2, 0.25) is 0 Å². The second-order valence-corrected chi connectivity index (χ2v) is 8.68. The van der Waals surface area contributed by atoms with E-state index in [2.05, 4.69) is 36.3 Å². The second kappa shape index (κ2) is 12.6. The van der Waals surface area contributed by atoms with E-state index in [1.54, 1.807) is 37.3 Å². The zero-order valence-corrected chi connectivity index (χ0v) is 20.4. The standard InChI is InChI=1S/C24H40N4O4/c1-7-11-25-24(30)26-19-9-10-21-20(13-19)23(29)27(5)15-22(31-6)17(3)14-28(12-8-2)18(4)16-32-21/h9-10,13,17-18,22H,7-8,11-12,14-16H2,1-6H3,(H2,25,26,30)/t17-,18-,22+/m0/s1. The van der Waals surface area contributed by atoms with Crippen molar-refractivity contribution in [2.24, 2.45) is 5.92 Å². The van der Waals surface area contributed by atoms with Gasteiger partial charge < -0.3 is 25.0 Å². The summed E-state index contributed by atoms with van der Waals surface area (Å²) in [5.41, 5.74) is 0.977. The third-order valence-electron chi connectivity index (χ3n) is 5.88. The Morgan fingerprint density at radius 2 is 1.97 bits per heavy atom. The monoisotopic (exact) mass is 448 g/mol. The molecule has 0 spiro atoms. The van der Waals surface area contributed by atoms with E-state index >= 15 is 0 Å². The molecule has 0 saturated carbocycles. The van der Waals surface area contributed by atoms with E-state index in [0.29, 0.717) is 36.7 Å². The molecule has 1 aliphatic rings. The number of nitrogens with zero attached hydrogens (tertiary/aromatic N) is 2. The molecule has 1 aromatic rings. The highest BCUT2D eigenvalue weighted by Crippen LogP contribution is 2.26. The van der Waals surface area contributed by atoms with Crippen molar-refractivity contribution in [1.82, 2.24) is 15.1 Å². The first-order valence-electron chi connectivity index (χ1n) is 11.6. The summed E-state index contributed by atoms with van der Waals surface area (Å²) < 4.78 is 11.9. The van der Waals surface area contributed by atoms with Crippen LogP contribution < -0.4 is 15.4 Å². The number of nitrogens with one attached hydrogen (secondary N) is 2. The molecule has 0 unspecified atom stereocenters. The van der Waals surface area contributed by atoms with Crippen molar-refractivity contribution >= 4 is 17.6 Å². The highest BCUT2D eigenvalue weighted by atomic mass is 16.5. The molecular formula is C24H40N4O4. The molecule has 0 radical (unpaired) electrons. The predicted octanol–water partition coefficient (Wildman–Crippen LogP) is 3.43. The first-order chi connectivity index (χ1) is 15.3. The van der Waals surface area contributed by atoms with Crippen LogP contribution in [0, 0.1) is 5.92 Å². The van der Waals surface area contributed by atoms with E-state index in [-0.39, 0.29) is 30.0 Å². The lowest BCUT2D eigenvalue weighted by Crippen LogP contribution is -2.46. The fourth-order valence-electron chi connectivity index (χ4n) is 3.94. The number of fused-ring (bicyclic) bond motifs is 1. The number of methoxy groups -OCH3 is 1. The van der Waals surface area contributed by atoms with E-state index in [1.165, 1.54) is 0 Å². The van der Waals surface area contributed by atoms with Crippen LogP contribution in [0.1, 0.15) is 50.9 Å². The minimum absolute atomic E-state index is 0.0829. The number of likely N-dealkylation sites (N-methyl/N-ethyl adjacent to an activating group) is 1. The van der Waals surface area contributed by atoms with Crippen LogP contribution in [0.5, 0.6) is 5.75 Å². The summed E-state index contributed by atoms with van der Waals surface area (Å²) in [6.07, 6.45) is 1.82. The van der Waals surface area contributed by atoms with Gasteiger partial charge in [0.2, 0.25) is 0 Å². The molecule has 180 valence electrons. The topological polar surface area (TPSA) is 83.1 Å². The van der Waals surface area contributed by atoms with Gasteiger partial charge in [-0.2, -0.15) is 0 Å². The minimum atomic E-state index is -0.293. The maximum atomic E-state index is 13.3. The number of anilines is 1. The van der Waals surface area contributed by atoms with Gasteiger partial charge >= 0.3 is 6.03 Å². The summed E-state index contributed by atoms with van der Waals surface area (Å²) in [7, 11) is 3.48. The average molecular weight is 449 g/mol. The molecule has 1 heterocycles. The summed E-state index contributed by atoms with van der Waals surface area (Å²) in [5.74, 6) is 0.608. The normalized spacial score (nSPS) is 22.9. The molecule has 2 N–H and O–H groups in total. The maximum Gasteiger partial charge on any atom is 0.319 e. The molecule has 2 rings (SSSR count). The Morgan fingerprint density at radius 1 is 1.22 bits per heavy atom. The third kappa shape index (κ3) is 7.10. The maximum absolute atomic E-state index is 13.3. The molecule has 0 aromatic heterocycles. The van der Waals surface area contributed by atoms with Gasteiger partial charge in [-0.15, -0.1) is 0 Å². The van der Waals surface area contributed by atoms with Crippen molar-refractivity contribution in [3.05, 3.63) is 23.8 Å². The van der Waals surface area contributed by atoms with Gasteiger partial charge in [-0.1, -0.05) is 20.8 Å². The van der Waals surface area contributed by atoms with Gasteiger partial charge in [0.1, 0.15) is 12.4 Å². The Bertz CT molecular complexity index is 758. The first kappa shape index (κ1) is 25.9. The van der Waals surface area contributed by atoms with Crippen molar-refractivity contribution in [1.29, 1.82) is 0 Å². The summed E-state index contributed by atoms with van der Waals surface area (Å²) in [4.78, 5) is 29.5. The lowest BCUT2D eigenvalue weighted by Gasteiger charge is -2.35. The summed E-state index contributed by atoms with van der Waals surface area (Å²) >= 11 is 0. The molecular weight excluding hydrogens is 408 g/mol.